The van der Waals surface area contributed by atoms with Gasteiger partial charge in [-0.25, -0.2) is 0 Å². The lowest BCUT2D eigenvalue weighted by Gasteiger charge is -2.14. The van der Waals surface area contributed by atoms with Gasteiger partial charge in [0.25, 0.3) is 0 Å². The van der Waals surface area contributed by atoms with Crippen LogP contribution in [0.2, 0.25) is 0 Å². The molecule has 0 bridgehead atoms. The highest BCUT2D eigenvalue weighted by atomic mass is 14.9. The third kappa shape index (κ3) is 8.16. The zero-order valence-electron chi connectivity index (χ0n) is 11.1. The Labute approximate surface area is 101 Å². The minimum absolute atomic E-state index is 0.414. The maximum absolute atomic E-state index is 3.96. The lowest BCUT2D eigenvalue weighted by molar-refractivity contribution is 0.567. The van der Waals surface area contributed by atoms with Crippen molar-refractivity contribution >= 4 is 0 Å². The van der Waals surface area contributed by atoms with Gasteiger partial charge in [0.05, 0.1) is 0 Å². The summed E-state index contributed by atoms with van der Waals surface area (Å²) in [5.41, 5.74) is 1.86. The molecule has 0 rings (SSSR count). The van der Waals surface area contributed by atoms with E-state index in [0.717, 1.165) is 17.8 Å². The van der Waals surface area contributed by atoms with Crippen molar-refractivity contribution in [2.24, 2.45) is 0 Å². The van der Waals surface area contributed by atoms with Gasteiger partial charge in [0.2, 0.25) is 0 Å². The average molecular weight is 222 g/mol. The van der Waals surface area contributed by atoms with Gasteiger partial charge in [-0.15, -0.1) is 0 Å². The van der Waals surface area contributed by atoms with Crippen LogP contribution in [0.15, 0.2) is 36.7 Å². The van der Waals surface area contributed by atoms with Crippen molar-refractivity contribution in [1.29, 1.82) is 0 Å². The van der Waals surface area contributed by atoms with Crippen molar-refractivity contribution in [1.82, 2.24) is 10.6 Å². The Bertz CT molecular complexity index is 251. The first-order valence-electron chi connectivity index (χ1n) is 6.04. The largest absolute Gasteiger partial charge is 0.383 e. The second-order valence-corrected chi connectivity index (χ2v) is 4.52. The average Bonchev–Trinajstić information content (AvgIpc) is 2.14. The van der Waals surface area contributed by atoms with Crippen molar-refractivity contribution in [2.75, 3.05) is 0 Å². The van der Waals surface area contributed by atoms with E-state index < -0.39 is 0 Å². The minimum Gasteiger partial charge on any atom is -0.383 e. The Kier molecular flexibility index (Phi) is 7.44. The molecule has 0 spiro atoms. The van der Waals surface area contributed by atoms with Crippen molar-refractivity contribution in [2.45, 2.75) is 52.6 Å². The van der Waals surface area contributed by atoms with Gasteiger partial charge in [-0.3, -0.25) is 0 Å². The highest BCUT2D eigenvalue weighted by Crippen LogP contribution is 2.00. The molecule has 0 amide bonds. The molecule has 0 saturated carbocycles. The summed E-state index contributed by atoms with van der Waals surface area (Å²) in [6, 6.07) is 0.894. The van der Waals surface area contributed by atoms with Crippen LogP contribution in [-0.2, 0) is 0 Å². The van der Waals surface area contributed by atoms with E-state index in [1.165, 1.54) is 6.42 Å². The standard InChI is InChI=1S/C14H26N2/c1-7-8-12(4)16-14(6)10-9-13(5)15-11(2)3/h9-12,15-16H,5-8H2,1-4H3/b10-9+. The summed E-state index contributed by atoms with van der Waals surface area (Å²) in [5, 5.41) is 6.57. The lowest BCUT2D eigenvalue weighted by atomic mass is 10.2. The number of hydrogen-bond acceptors (Lipinski definition) is 2. The van der Waals surface area contributed by atoms with Gasteiger partial charge in [0.1, 0.15) is 0 Å². The summed E-state index contributed by atoms with van der Waals surface area (Å²) >= 11 is 0. The van der Waals surface area contributed by atoms with Crippen molar-refractivity contribution in [3.63, 3.8) is 0 Å². The molecule has 0 aliphatic rings. The Morgan fingerprint density at radius 3 is 2.00 bits per heavy atom. The fourth-order valence-corrected chi connectivity index (χ4v) is 1.49. The zero-order chi connectivity index (χ0) is 12.6. The molecule has 16 heavy (non-hydrogen) atoms. The molecule has 0 aliphatic carbocycles. The Morgan fingerprint density at radius 2 is 1.56 bits per heavy atom. The Balaban J connectivity index is 3.94. The molecule has 0 aliphatic heterocycles. The highest BCUT2D eigenvalue weighted by molar-refractivity contribution is 5.22. The first kappa shape index (κ1) is 14.8. The van der Waals surface area contributed by atoms with Crippen LogP contribution in [-0.4, -0.2) is 12.1 Å². The Morgan fingerprint density at radius 1 is 1.06 bits per heavy atom. The smallest absolute Gasteiger partial charge is 0.0269 e. The molecule has 92 valence electrons. The van der Waals surface area contributed by atoms with Crippen molar-refractivity contribution in [3.8, 4) is 0 Å². The SMILES string of the molecule is C=C(/C=C/C(=C)NC(C)CCC)NC(C)C. The summed E-state index contributed by atoms with van der Waals surface area (Å²) in [7, 11) is 0. The van der Waals surface area contributed by atoms with Gasteiger partial charge in [-0.2, -0.15) is 0 Å². The van der Waals surface area contributed by atoms with Gasteiger partial charge < -0.3 is 10.6 Å². The van der Waals surface area contributed by atoms with Crippen molar-refractivity contribution in [3.05, 3.63) is 36.7 Å². The predicted molar refractivity (Wildman–Crippen MR) is 73.2 cm³/mol. The zero-order valence-corrected chi connectivity index (χ0v) is 11.1. The molecule has 0 saturated heterocycles. The number of rotatable bonds is 8. The summed E-state index contributed by atoms with van der Waals surface area (Å²) in [6.45, 7) is 16.4. The third-order valence-corrected chi connectivity index (χ3v) is 2.11. The highest BCUT2D eigenvalue weighted by Gasteiger charge is 1.98. The van der Waals surface area contributed by atoms with E-state index in [1.54, 1.807) is 0 Å². The van der Waals surface area contributed by atoms with Crippen LogP contribution in [0, 0.1) is 0 Å². The number of allylic oxidation sites excluding steroid dienone is 2. The summed E-state index contributed by atoms with van der Waals surface area (Å²) in [4.78, 5) is 0. The van der Waals surface area contributed by atoms with Crippen LogP contribution >= 0.6 is 0 Å². The normalized spacial score (nSPS) is 12.8. The molecule has 2 nitrogen and oxygen atoms in total. The molecule has 0 aromatic rings. The van der Waals surface area contributed by atoms with Crippen LogP contribution < -0.4 is 10.6 Å². The molecule has 0 heterocycles. The fraction of sp³-hybridized carbons (Fsp3) is 0.571. The predicted octanol–water partition coefficient (Wildman–Crippen LogP) is 3.35. The van der Waals surface area contributed by atoms with Crippen molar-refractivity contribution < 1.29 is 0 Å². The number of nitrogens with one attached hydrogen (secondary N) is 2. The molecule has 0 aromatic heterocycles. The van der Waals surface area contributed by atoms with E-state index in [1.807, 2.05) is 12.2 Å². The second-order valence-electron chi connectivity index (χ2n) is 4.52. The second kappa shape index (κ2) is 8.03. The summed E-state index contributed by atoms with van der Waals surface area (Å²) < 4.78 is 0. The van der Waals surface area contributed by atoms with E-state index in [0.29, 0.717) is 12.1 Å². The van der Waals surface area contributed by atoms with Crippen LogP contribution in [0.5, 0.6) is 0 Å². The van der Waals surface area contributed by atoms with Crippen LogP contribution in [0.25, 0.3) is 0 Å². The molecule has 2 N–H and O–H groups in total. The van der Waals surface area contributed by atoms with Crippen LogP contribution in [0.4, 0.5) is 0 Å². The first-order chi connectivity index (χ1) is 7.45. The number of hydrogen-bond donors (Lipinski definition) is 2. The van der Waals surface area contributed by atoms with E-state index in [2.05, 4.69) is 51.5 Å². The molecule has 2 heteroatoms. The van der Waals surface area contributed by atoms with Gasteiger partial charge in [0.15, 0.2) is 0 Å². The first-order valence-corrected chi connectivity index (χ1v) is 6.04. The molecular weight excluding hydrogens is 196 g/mol. The molecule has 1 unspecified atom stereocenters. The van der Waals surface area contributed by atoms with E-state index in [-0.39, 0.29) is 0 Å². The van der Waals surface area contributed by atoms with Gasteiger partial charge in [0, 0.05) is 23.5 Å². The van der Waals surface area contributed by atoms with Gasteiger partial charge in [-0.1, -0.05) is 26.5 Å². The van der Waals surface area contributed by atoms with Crippen LogP contribution in [0.1, 0.15) is 40.5 Å². The summed E-state index contributed by atoms with van der Waals surface area (Å²) in [6.07, 6.45) is 6.27. The lowest BCUT2D eigenvalue weighted by Crippen LogP contribution is -2.24. The molecule has 0 fully saturated rings. The molecule has 1 atom stereocenters. The summed E-state index contributed by atoms with van der Waals surface area (Å²) in [5.74, 6) is 0. The monoisotopic (exact) mass is 222 g/mol. The van der Waals surface area contributed by atoms with Gasteiger partial charge in [-0.05, 0) is 39.3 Å². The quantitative estimate of drug-likeness (QED) is 0.615. The van der Waals surface area contributed by atoms with Crippen LogP contribution in [0.3, 0.4) is 0 Å². The topological polar surface area (TPSA) is 24.1 Å². The molecule has 0 radical (unpaired) electrons. The molecular formula is C14H26N2. The van der Waals surface area contributed by atoms with E-state index >= 15 is 0 Å². The minimum atomic E-state index is 0.414. The molecule has 0 aromatic carbocycles. The maximum atomic E-state index is 3.96. The van der Waals surface area contributed by atoms with E-state index in [4.69, 9.17) is 0 Å². The maximum Gasteiger partial charge on any atom is 0.0269 e. The van der Waals surface area contributed by atoms with Gasteiger partial charge >= 0.3 is 0 Å². The third-order valence-electron chi connectivity index (χ3n) is 2.11. The Hall–Kier alpha value is -1.18. The van der Waals surface area contributed by atoms with E-state index in [9.17, 15) is 0 Å². The fourth-order valence-electron chi connectivity index (χ4n) is 1.49.